The lowest BCUT2D eigenvalue weighted by Gasteiger charge is -2.34. The number of carboxylic acids is 1. The Balaban J connectivity index is 1.98. The molecule has 5 nitrogen and oxygen atoms in total. The van der Waals surface area contributed by atoms with Crippen LogP contribution in [0.5, 0.6) is 0 Å². The van der Waals surface area contributed by atoms with Crippen molar-refractivity contribution >= 4 is 11.7 Å². The molecule has 0 spiro atoms. The third kappa shape index (κ3) is 3.67. The van der Waals surface area contributed by atoms with Gasteiger partial charge in [0.05, 0.1) is 18.0 Å². The van der Waals surface area contributed by atoms with Crippen LogP contribution in [-0.4, -0.2) is 41.9 Å². The number of pyridine rings is 1. The van der Waals surface area contributed by atoms with Gasteiger partial charge in [-0.15, -0.1) is 0 Å². The number of rotatable bonds is 5. The molecular weight excluding hydrogens is 244 g/mol. The summed E-state index contributed by atoms with van der Waals surface area (Å²) in [5.41, 5.74) is 1.05. The van der Waals surface area contributed by atoms with Crippen LogP contribution in [0.3, 0.4) is 0 Å². The van der Waals surface area contributed by atoms with Crippen LogP contribution in [0.4, 0.5) is 5.69 Å². The van der Waals surface area contributed by atoms with E-state index >= 15 is 0 Å². The Morgan fingerprint density at radius 3 is 3.05 bits per heavy atom. The van der Waals surface area contributed by atoms with Crippen LogP contribution in [0.15, 0.2) is 18.3 Å². The van der Waals surface area contributed by atoms with Gasteiger partial charge in [0.15, 0.2) is 0 Å². The quantitative estimate of drug-likeness (QED) is 0.883. The zero-order chi connectivity index (χ0) is 13.7. The average Bonchev–Trinajstić information content (AvgIpc) is 2.45. The maximum atomic E-state index is 10.8. The number of carbonyl (C=O) groups is 1. The molecule has 5 heteroatoms. The number of carboxylic acid groups (broad SMARTS) is 1. The second kappa shape index (κ2) is 6.52. The highest BCUT2D eigenvalue weighted by atomic mass is 16.5. The number of anilines is 1. The molecule has 0 aromatic carbocycles. The number of aromatic carboxylic acids is 1. The lowest BCUT2D eigenvalue weighted by Crippen LogP contribution is -2.39. The third-order valence-corrected chi connectivity index (χ3v) is 3.27. The van der Waals surface area contributed by atoms with Gasteiger partial charge in [0, 0.05) is 19.7 Å². The normalized spacial score (nSPS) is 19.4. The highest BCUT2D eigenvalue weighted by molar-refractivity contribution is 5.85. The van der Waals surface area contributed by atoms with Gasteiger partial charge in [-0.05, 0) is 31.4 Å². The predicted octanol–water partition coefficient (Wildman–Crippen LogP) is 2.18. The zero-order valence-corrected chi connectivity index (χ0v) is 11.2. The monoisotopic (exact) mass is 264 g/mol. The van der Waals surface area contributed by atoms with E-state index in [-0.39, 0.29) is 11.8 Å². The average molecular weight is 264 g/mol. The molecule has 2 rings (SSSR count). The number of piperidine rings is 1. The molecule has 2 heterocycles. The second-order valence-electron chi connectivity index (χ2n) is 4.79. The summed E-state index contributed by atoms with van der Waals surface area (Å²) < 4.78 is 5.79. The van der Waals surface area contributed by atoms with Gasteiger partial charge >= 0.3 is 5.97 Å². The fourth-order valence-corrected chi connectivity index (χ4v) is 2.29. The fourth-order valence-electron chi connectivity index (χ4n) is 2.29. The summed E-state index contributed by atoms with van der Waals surface area (Å²) in [7, 11) is 0. The van der Waals surface area contributed by atoms with E-state index < -0.39 is 5.97 Å². The van der Waals surface area contributed by atoms with Crippen molar-refractivity contribution in [1.82, 2.24) is 4.98 Å². The summed E-state index contributed by atoms with van der Waals surface area (Å²) in [5, 5.41) is 8.83. The number of hydrogen-bond donors (Lipinski definition) is 1. The topological polar surface area (TPSA) is 62.7 Å². The number of nitrogens with zero attached hydrogens (tertiary/aromatic N) is 2. The fraction of sp³-hybridized carbons (Fsp3) is 0.571. The molecule has 1 atom stereocenters. The maximum Gasteiger partial charge on any atom is 0.354 e. The van der Waals surface area contributed by atoms with Gasteiger partial charge in [0.2, 0.25) is 0 Å². The number of hydrogen-bond acceptors (Lipinski definition) is 4. The molecule has 19 heavy (non-hydrogen) atoms. The Labute approximate surface area is 113 Å². The molecule has 1 aromatic rings. The van der Waals surface area contributed by atoms with Crippen LogP contribution in [-0.2, 0) is 4.74 Å². The molecule has 1 aliphatic heterocycles. The number of ether oxygens (including phenoxy) is 1. The minimum atomic E-state index is -0.991. The highest BCUT2D eigenvalue weighted by Crippen LogP contribution is 2.21. The second-order valence-corrected chi connectivity index (χ2v) is 4.79. The van der Waals surface area contributed by atoms with E-state index in [0.29, 0.717) is 0 Å². The first-order valence-electron chi connectivity index (χ1n) is 6.76. The van der Waals surface area contributed by atoms with Crippen LogP contribution in [0.2, 0.25) is 0 Å². The smallest absolute Gasteiger partial charge is 0.354 e. The van der Waals surface area contributed by atoms with Gasteiger partial charge in [-0.1, -0.05) is 6.92 Å². The van der Waals surface area contributed by atoms with E-state index in [1.54, 1.807) is 12.3 Å². The minimum absolute atomic E-state index is 0.0829. The third-order valence-electron chi connectivity index (χ3n) is 3.27. The molecule has 1 unspecified atom stereocenters. The van der Waals surface area contributed by atoms with Crippen LogP contribution in [0, 0.1) is 0 Å². The first-order valence-corrected chi connectivity index (χ1v) is 6.76. The van der Waals surface area contributed by atoms with E-state index in [9.17, 15) is 4.79 Å². The molecule has 0 aliphatic carbocycles. The Hall–Kier alpha value is -1.62. The predicted molar refractivity (Wildman–Crippen MR) is 72.7 cm³/mol. The molecule has 0 amide bonds. The molecule has 1 aliphatic rings. The van der Waals surface area contributed by atoms with E-state index in [1.807, 2.05) is 6.07 Å². The number of aromatic nitrogens is 1. The highest BCUT2D eigenvalue weighted by Gasteiger charge is 2.20. The standard InChI is InChI=1S/C14H20N2O3/c1-2-8-19-12-4-3-7-16(10-12)11-5-6-13(14(17)18)15-9-11/h5-6,9,12H,2-4,7-8,10H2,1H3,(H,17,18). The molecule has 1 fully saturated rings. The van der Waals surface area contributed by atoms with E-state index in [2.05, 4.69) is 16.8 Å². The Bertz CT molecular complexity index is 419. The summed E-state index contributed by atoms with van der Waals surface area (Å²) in [5.74, 6) is -0.991. The molecule has 1 saturated heterocycles. The molecule has 104 valence electrons. The van der Waals surface area contributed by atoms with Gasteiger partial charge < -0.3 is 14.7 Å². The first kappa shape index (κ1) is 13.8. The van der Waals surface area contributed by atoms with Crippen molar-refractivity contribution in [2.75, 3.05) is 24.6 Å². The SMILES string of the molecule is CCCOC1CCCN(c2ccc(C(=O)O)nc2)C1. The summed E-state index contributed by atoms with van der Waals surface area (Å²) in [6.45, 7) is 4.73. The van der Waals surface area contributed by atoms with Gasteiger partial charge in [-0.25, -0.2) is 9.78 Å². The van der Waals surface area contributed by atoms with Crippen molar-refractivity contribution in [3.8, 4) is 0 Å². The minimum Gasteiger partial charge on any atom is -0.477 e. The molecular formula is C14H20N2O3. The van der Waals surface area contributed by atoms with Gasteiger partial charge in [0.1, 0.15) is 5.69 Å². The first-order chi connectivity index (χ1) is 9.20. The zero-order valence-electron chi connectivity index (χ0n) is 11.2. The van der Waals surface area contributed by atoms with Crippen molar-refractivity contribution in [2.24, 2.45) is 0 Å². The molecule has 1 aromatic heterocycles. The van der Waals surface area contributed by atoms with E-state index in [0.717, 1.165) is 44.6 Å². The van der Waals surface area contributed by atoms with Crippen molar-refractivity contribution in [1.29, 1.82) is 0 Å². The largest absolute Gasteiger partial charge is 0.477 e. The lowest BCUT2D eigenvalue weighted by molar-refractivity contribution is 0.0440. The van der Waals surface area contributed by atoms with Crippen molar-refractivity contribution < 1.29 is 14.6 Å². The summed E-state index contributed by atoms with van der Waals surface area (Å²) in [6.07, 6.45) is 5.12. The van der Waals surface area contributed by atoms with Crippen LogP contribution < -0.4 is 4.90 Å². The Morgan fingerprint density at radius 1 is 1.58 bits per heavy atom. The van der Waals surface area contributed by atoms with Crippen LogP contribution in [0.25, 0.3) is 0 Å². The summed E-state index contributed by atoms with van der Waals surface area (Å²) in [4.78, 5) is 16.9. The van der Waals surface area contributed by atoms with Crippen molar-refractivity contribution in [2.45, 2.75) is 32.3 Å². The van der Waals surface area contributed by atoms with Crippen molar-refractivity contribution in [3.05, 3.63) is 24.0 Å². The van der Waals surface area contributed by atoms with E-state index in [1.165, 1.54) is 0 Å². The Kier molecular flexibility index (Phi) is 4.74. The van der Waals surface area contributed by atoms with E-state index in [4.69, 9.17) is 9.84 Å². The molecule has 0 saturated carbocycles. The Morgan fingerprint density at radius 2 is 2.42 bits per heavy atom. The molecule has 0 radical (unpaired) electrons. The van der Waals surface area contributed by atoms with Crippen LogP contribution in [0.1, 0.15) is 36.7 Å². The maximum absolute atomic E-state index is 10.8. The lowest BCUT2D eigenvalue weighted by atomic mass is 10.1. The summed E-state index contributed by atoms with van der Waals surface area (Å²) in [6, 6.07) is 3.37. The van der Waals surface area contributed by atoms with Crippen LogP contribution >= 0.6 is 0 Å². The van der Waals surface area contributed by atoms with Gasteiger partial charge in [-0.2, -0.15) is 0 Å². The van der Waals surface area contributed by atoms with Gasteiger partial charge in [-0.3, -0.25) is 0 Å². The van der Waals surface area contributed by atoms with Gasteiger partial charge in [0.25, 0.3) is 0 Å². The molecule has 0 bridgehead atoms. The molecule has 1 N–H and O–H groups in total. The summed E-state index contributed by atoms with van der Waals surface area (Å²) >= 11 is 0. The van der Waals surface area contributed by atoms with Crippen molar-refractivity contribution in [3.63, 3.8) is 0 Å².